The van der Waals surface area contributed by atoms with E-state index in [4.69, 9.17) is 0 Å². The molecule has 198 valence electrons. The Morgan fingerprint density at radius 3 is 1.50 bits per heavy atom. The molecule has 0 radical (unpaired) electrons. The number of para-hydroxylation sites is 2. The highest BCUT2D eigenvalue weighted by atomic mass is 15.1. The van der Waals surface area contributed by atoms with Crippen molar-refractivity contribution in [3.8, 4) is 11.1 Å². The molecule has 0 saturated carbocycles. The van der Waals surface area contributed by atoms with Gasteiger partial charge in [0.05, 0.1) is 11.1 Å². The highest BCUT2D eigenvalue weighted by Gasteiger charge is 2.48. The maximum absolute atomic E-state index is 2.42. The lowest BCUT2D eigenvalue weighted by Gasteiger charge is -2.35. The van der Waals surface area contributed by atoms with Crippen molar-refractivity contribution in [3.63, 3.8) is 0 Å². The molecule has 1 nitrogen and oxygen atoms in total. The van der Waals surface area contributed by atoms with E-state index in [-0.39, 0.29) is 0 Å². The van der Waals surface area contributed by atoms with Crippen molar-refractivity contribution in [2.24, 2.45) is 0 Å². The molecule has 0 bridgehead atoms. The molecule has 0 spiro atoms. The molecule has 0 fully saturated rings. The van der Waals surface area contributed by atoms with Crippen LogP contribution in [0, 0.1) is 0 Å². The minimum atomic E-state index is -0.483. The third-order valence-corrected chi connectivity index (χ3v) is 8.69. The Labute approximate surface area is 247 Å². The Morgan fingerprint density at radius 1 is 0.429 bits per heavy atom. The van der Waals surface area contributed by atoms with Crippen molar-refractivity contribution in [2.75, 3.05) is 4.90 Å². The SMILES string of the molecule is c1ccc(N(c2ccccc2)c2cc3ccccc3c3c2-c2ccccc2C3(c2ccccc2)c2ccccc2)cc1. The van der Waals surface area contributed by atoms with Gasteiger partial charge >= 0.3 is 0 Å². The minimum absolute atomic E-state index is 0.483. The molecule has 0 atom stereocenters. The smallest absolute Gasteiger partial charge is 0.0720 e. The van der Waals surface area contributed by atoms with Gasteiger partial charge in [-0.1, -0.05) is 146 Å². The second-order valence-corrected chi connectivity index (χ2v) is 10.9. The lowest BCUT2D eigenvalue weighted by molar-refractivity contribution is 0.775. The van der Waals surface area contributed by atoms with Crippen LogP contribution >= 0.6 is 0 Å². The normalized spacial score (nSPS) is 13.0. The molecule has 8 rings (SSSR count). The fourth-order valence-corrected chi connectivity index (χ4v) is 7.06. The quantitative estimate of drug-likeness (QED) is 0.212. The van der Waals surface area contributed by atoms with Gasteiger partial charge in [-0.05, 0) is 68.9 Å². The minimum Gasteiger partial charge on any atom is -0.310 e. The molecule has 0 amide bonds. The van der Waals surface area contributed by atoms with E-state index in [2.05, 4.69) is 181 Å². The Balaban J connectivity index is 1.59. The van der Waals surface area contributed by atoms with E-state index in [9.17, 15) is 0 Å². The monoisotopic (exact) mass is 535 g/mol. The largest absolute Gasteiger partial charge is 0.310 e. The van der Waals surface area contributed by atoms with Crippen molar-refractivity contribution in [3.05, 3.63) is 198 Å². The molecule has 0 unspecified atom stereocenters. The van der Waals surface area contributed by atoms with Gasteiger partial charge in [0.2, 0.25) is 0 Å². The molecule has 0 aliphatic heterocycles. The van der Waals surface area contributed by atoms with Crippen LogP contribution < -0.4 is 4.90 Å². The Bertz CT molecular complexity index is 1930. The van der Waals surface area contributed by atoms with Crippen LogP contribution in [-0.4, -0.2) is 0 Å². The van der Waals surface area contributed by atoms with E-state index < -0.39 is 5.41 Å². The fourth-order valence-electron chi connectivity index (χ4n) is 7.06. The highest BCUT2D eigenvalue weighted by molar-refractivity contribution is 6.07. The molecular weight excluding hydrogens is 506 g/mol. The van der Waals surface area contributed by atoms with Gasteiger partial charge in [-0.25, -0.2) is 0 Å². The zero-order chi connectivity index (χ0) is 27.9. The van der Waals surface area contributed by atoms with Crippen LogP contribution in [0.25, 0.3) is 21.9 Å². The molecule has 1 aliphatic carbocycles. The summed E-state index contributed by atoms with van der Waals surface area (Å²) < 4.78 is 0. The van der Waals surface area contributed by atoms with Crippen LogP contribution in [0.15, 0.2) is 176 Å². The van der Waals surface area contributed by atoms with Crippen LogP contribution in [0.4, 0.5) is 17.1 Å². The number of nitrogens with zero attached hydrogens (tertiary/aromatic N) is 1. The molecule has 42 heavy (non-hydrogen) atoms. The molecular formula is C41H29N. The molecule has 7 aromatic rings. The van der Waals surface area contributed by atoms with E-state index in [0.29, 0.717) is 0 Å². The number of benzene rings is 7. The maximum atomic E-state index is 2.42. The number of fused-ring (bicyclic) bond motifs is 5. The van der Waals surface area contributed by atoms with E-state index >= 15 is 0 Å². The second kappa shape index (κ2) is 9.90. The Kier molecular flexibility index (Phi) is 5.75. The van der Waals surface area contributed by atoms with Crippen LogP contribution in [0.2, 0.25) is 0 Å². The van der Waals surface area contributed by atoms with Crippen LogP contribution in [0.3, 0.4) is 0 Å². The van der Waals surface area contributed by atoms with Crippen molar-refractivity contribution >= 4 is 27.8 Å². The van der Waals surface area contributed by atoms with Crippen molar-refractivity contribution in [1.82, 2.24) is 0 Å². The molecule has 0 saturated heterocycles. The molecule has 1 heteroatoms. The number of rotatable bonds is 5. The van der Waals surface area contributed by atoms with Gasteiger partial charge < -0.3 is 4.90 Å². The van der Waals surface area contributed by atoms with E-state index in [0.717, 1.165) is 11.4 Å². The summed E-state index contributed by atoms with van der Waals surface area (Å²) in [5.74, 6) is 0. The van der Waals surface area contributed by atoms with Gasteiger partial charge in [0.1, 0.15) is 0 Å². The summed E-state index contributed by atoms with van der Waals surface area (Å²) in [6, 6.07) is 63.9. The number of anilines is 3. The zero-order valence-electron chi connectivity index (χ0n) is 23.2. The first kappa shape index (κ1) is 24.4. The van der Waals surface area contributed by atoms with Gasteiger partial charge in [-0.3, -0.25) is 0 Å². The lowest BCUT2D eigenvalue weighted by Crippen LogP contribution is -2.29. The average molecular weight is 536 g/mol. The summed E-state index contributed by atoms with van der Waals surface area (Å²) in [6.45, 7) is 0. The van der Waals surface area contributed by atoms with Gasteiger partial charge in [0, 0.05) is 16.9 Å². The highest BCUT2D eigenvalue weighted by Crippen LogP contribution is 2.61. The first-order valence-corrected chi connectivity index (χ1v) is 14.5. The standard InChI is InChI=1S/C41H29N/c1-5-18-31(19-6-1)41(32-20-7-2-8-21-32)37-28-16-15-27-36(37)39-38(29-30-17-13-14-26-35(30)40(39)41)42(33-22-9-3-10-23-33)34-24-11-4-12-25-34/h1-29H. The summed E-state index contributed by atoms with van der Waals surface area (Å²) >= 11 is 0. The fraction of sp³-hybridized carbons (Fsp3) is 0.0244. The Hall–Kier alpha value is -5.40. The molecule has 1 aliphatic rings. The molecule has 0 heterocycles. The molecule has 7 aromatic carbocycles. The van der Waals surface area contributed by atoms with Crippen molar-refractivity contribution < 1.29 is 0 Å². The third-order valence-electron chi connectivity index (χ3n) is 8.69. The summed E-state index contributed by atoms with van der Waals surface area (Å²) in [5, 5.41) is 2.51. The predicted molar refractivity (Wildman–Crippen MR) is 176 cm³/mol. The maximum Gasteiger partial charge on any atom is 0.0720 e. The summed E-state index contributed by atoms with van der Waals surface area (Å²) in [6.07, 6.45) is 0. The van der Waals surface area contributed by atoms with Crippen LogP contribution in [0.1, 0.15) is 22.3 Å². The number of hydrogen-bond acceptors (Lipinski definition) is 1. The summed E-state index contributed by atoms with van der Waals surface area (Å²) in [4.78, 5) is 2.42. The summed E-state index contributed by atoms with van der Waals surface area (Å²) in [5.41, 5.74) is 10.7. The van der Waals surface area contributed by atoms with Crippen LogP contribution in [-0.2, 0) is 5.41 Å². The predicted octanol–water partition coefficient (Wildman–Crippen LogP) is 10.7. The van der Waals surface area contributed by atoms with Gasteiger partial charge in [0.25, 0.3) is 0 Å². The topological polar surface area (TPSA) is 3.24 Å². The molecule has 0 aromatic heterocycles. The third kappa shape index (κ3) is 3.57. The number of hydrogen-bond donors (Lipinski definition) is 0. The first-order chi connectivity index (χ1) is 20.9. The van der Waals surface area contributed by atoms with Gasteiger partial charge in [-0.2, -0.15) is 0 Å². The second-order valence-electron chi connectivity index (χ2n) is 10.9. The van der Waals surface area contributed by atoms with E-state index in [1.807, 2.05) is 0 Å². The average Bonchev–Trinajstić information content (AvgIpc) is 3.39. The van der Waals surface area contributed by atoms with Crippen molar-refractivity contribution in [2.45, 2.75) is 5.41 Å². The molecule has 0 N–H and O–H groups in total. The lowest BCUT2D eigenvalue weighted by atomic mass is 9.66. The zero-order valence-corrected chi connectivity index (χ0v) is 23.2. The van der Waals surface area contributed by atoms with E-state index in [1.54, 1.807) is 0 Å². The van der Waals surface area contributed by atoms with Crippen LogP contribution in [0.5, 0.6) is 0 Å². The first-order valence-electron chi connectivity index (χ1n) is 14.5. The van der Waals surface area contributed by atoms with Gasteiger partial charge in [-0.15, -0.1) is 0 Å². The van der Waals surface area contributed by atoms with E-state index in [1.165, 1.54) is 49.8 Å². The van der Waals surface area contributed by atoms with Gasteiger partial charge in [0.15, 0.2) is 0 Å². The Morgan fingerprint density at radius 2 is 0.905 bits per heavy atom. The summed E-state index contributed by atoms with van der Waals surface area (Å²) in [7, 11) is 0. The van der Waals surface area contributed by atoms with Crippen molar-refractivity contribution in [1.29, 1.82) is 0 Å².